The third-order valence-corrected chi connectivity index (χ3v) is 3.26. The molecule has 0 aromatic carbocycles. The number of hydrogen-bond acceptors (Lipinski definition) is 3. The van der Waals surface area contributed by atoms with Gasteiger partial charge in [-0.1, -0.05) is 13.3 Å². The van der Waals surface area contributed by atoms with Crippen LogP contribution in [0, 0.1) is 0 Å². The van der Waals surface area contributed by atoms with Crippen LogP contribution < -0.4 is 5.32 Å². The largest absolute Gasteiger partial charge is 0.380 e. The highest BCUT2D eigenvalue weighted by Gasteiger charge is 2.20. The van der Waals surface area contributed by atoms with Crippen LogP contribution in [0.25, 0.3) is 0 Å². The van der Waals surface area contributed by atoms with E-state index in [1.807, 2.05) is 0 Å². The molecule has 1 rings (SSSR count). The van der Waals surface area contributed by atoms with Crippen molar-refractivity contribution in [1.29, 1.82) is 0 Å². The molecule has 0 bridgehead atoms. The van der Waals surface area contributed by atoms with Gasteiger partial charge in [-0.05, 0) is 33.6 Å². The minimum Gasteiger partial charge on any atom is -0.380 e. The first-order valence-corrected chi connectivity index (χ1v) is 7.10. The van der Waals surface area contributed by atoms with Crippen molar-refractivity contribution in [3.63, 3.8) is 0 Å². The number of nitrogens with zero attached hydrogens (tertiary/aromatic N) is 1. The summed E-state index contributed by atoms with van der Waals surface area (Å²) in [6.07, 6.45) is 3.71. The van der Waals surface area contributed by atoms with E-state index in [2.05, 4.69) is 37.9 Å². The maximum Gasteiger partial charge on any atom is 0.0593 e. The third-order valence-electron chi connectivity index (χ3n) is 3.26. The van der Waals surface area contributed by atoms with Crippen LogP contribution in [-0.4, -0.2) is 49.3 Å². The van der Waals surface area contributed by atoms with E-state index in [1.54, 1.807) is 0 Å². The number of hydrogen-bond donors (Lipinski definition) is 1. The van der Waals surface area contributed by atoms with Crippen molar-refractivity contribution in [3.8, 4) is 0 Å². The Morgan fingerprint density at radius 2 is 2.00 bits per heavy atom. The molecule has 0 amide bonds. The SMILES string of the molecule is CCCC(CNC(C)(C)C)N1CCCOCC1. The van der Waals surface area contributed by atoms with Crippen molar-refractivity contribution < 1.29 is 4.74 Å². The number of nitrogens with one attached hydrogen (secondary N) is 1. The molecular formula is C14H30N2O. The van der Waals surface area contributed by atoms with Crippen LogP contribution >= 0.6 is 0 Å². The zero-order valence-corrected chi connectivity index (χ0v) is 12.1. The van der Waals surface area contributed by atoms with Crippen molar-refractivity contribution in [2.45, 2.75) is 58.5 Å². The molecule has 1 atom stereocenters. The van der Waals surface area contributed by atoms with Crippen LogP contribution in [0.3, 0.4) is 0 Å². The second-order valence-electron chi connectivity index (χ2n) is 6.08. The highest BCUT2D eigenvalue weighted by Crippen LogP contribution is 2.11. The molecule has 1 N–H and O–H groups in total. The van der Waals surface area contributed by atoms with Gasteiger partial charge < -0.3 is 10.1 Å². The molecule has 1 unspecified atom stereocenters. The van der Waals surface area contributed by atoms with E-state index in [9.17, 15) is 0 Å². The van der Waals surface area contributed by atoms with Crippen LogP contribution in [0.2, 0.25) is 0 Å². The van der Waals surface area contributed by atoms with Gasteiger partial charge in [-0.3, -0.25) is 4.90 Å². The summed E-state index contributed by atoms with van der Waals surface area (Å²) in [6.45, 7) is 14.2. The van der Waals surface area contributed by atoms with Gasteiger partial charge in [-0.25, -0.2) is 0 Å². The Kier molecular flexibility index (Phi) is 6.45. The summed E-state index contributed by atoms with van der Waals surface area (Å²) in [6, 6.07) is 0.668. The summed E-state index contributed by atoms with van der Waals surface area (Å²) in [4.78, 5) is 2.61. The third kappa shape index (κ3) is 6.39. The maximum atomic E-state index is 5.54. The Hall–Kier alpha value is -0.120. The summed E-state index contributed by atoms with van der Waals surface area (Å²) < 4.78 is 5.54. The maximum absolute atomic E-state index is 5.54. The minimum atomic E-state index is 0.217. The highest BCUT2D eigenvalue weighted by atomic mass is 16.5. The molecule has 0 aromatic rings. The topological polar surface area (TPSA) is 24.5 Å². The molecule has 0 saturated carbocycles. The molecule has 17 heavy (non-hydrogen) atoms. The Bertz CT molecular complexity index is 193. The van der Waals surface area contributed by atoms with Crippen molar-refractivity contribution in [3.05, 3.63) is 0 Å². The normalized spacial score (nSPS) is 21.2. The molecule has 0 spiro atoms. The summed E-state index contributed by atoms with van der Waals surface area (Å²) in [5, 5.41) is 3.64. The summed E-state index contributed by atoms with van der Waals surface area (Å²) in [7, 11) is 0. The van der Waals surface area contributed by atoms with Crippen molar-refractivity contribution in [2.24, 2.45) is 0 Å². The second kappa shape index (κ2) is 7.34. The molecule has 1 saturated heterocycles. The van der Waals surface area contributed by atoms with Gasteiger partial charge in [0.05, 0.1) is 6.61 Å². The predicted octanol–water partition coefficient (Wildman–Crippen LogP) is 2.27. The van der Waals surface area contributed by atoms with Crippen LogP contribution in [0.1, 0.15) is 47.0 Å². The van der Waals surface area contributed by atoms with Crippen molar-refractivity contribution >= 4 is 0 Å². The van der Waals surface area contributed by atoms with Gasteiger partial charge in [0, 0.05) is 37.8 Å². The van der Waals surface area contributed by atoms with Gasteiger partial charge in [-0.15, -0.1) is 0 Å². The fraction of sp³-hybridized carbons (Fsp3) is 1.00. The van der Waals surface area contributed by atoms with Gasteiger partial charge >= 0.3 is 0 Å². The Morgan fingerprint density at radius 3 is 2.65 bits per heavy atom. The average Bonchev–Trinajstić information content (AvgIpc) is 2.51. The summed E-state index contributed by atoms with van der Waals surface area (Å²) >= 11 is 0. The molecule has 1 aliphatic heterocycles. The van der Waals surface area contributed by atoms with Crippen LogP contribution in [-0.2, 0) is 4.74 Å². The lowest BCUT2D eigenvalue weighted by Crippen LogP contribution is -2.48. The van der Waals surface area contributed by atoms with Crippen LogP contribution in [0.15, 0.2) is 0 Å². The first kappa shape index (κ1) is 14.9. The fourth-order valence-corrected chi connectivity index (χ4v) is 2.30. The van der Waals surface area contributed by atoms with Crippen LogP contribution in [0.4, 0.5) is 0 Å². The Labute approximate surface area is 107 Å². The molecule has 3 nitrogen and oxygen atoms in total. The zero-order chi connectivity index (χ0) is 12.7. The lowest BCUT2D eigenvalue weighted by Gasteiger charge is -2.33. The second-order valence-corrected chi connectivity index (χ2v) is 6.08. The molecule has 0 aromatic heterocycles. The first-order valence-electron chi connectivity index (χ1n) is 7.10. The molecule has 0 radical (unpaired) electrons. The molecule has 3 heteroatoms. The van der Waals surface area contributed by atoms with Gasteiger partial charge in [-0.2, -0.15) is 0 Å². The minimum absolute atomic E-state index is 0.217. The molecule has 1 fully saturated rings. The van der Waals surface area contributed by atoms with Crippen molar-refractivity contribution in [2.75, 3.05) is 32.8 Å². The van der Waals surface area contributed by atoms with E-state index in [-0.39, 0.29) is 5.54 Å². The highest BCUT2D eigenvalue weighted by molar-refractivity contribution is 4.79. The molecule has 102 valence electrons. The lowest BCUT2D eigenvalue weighted by atomic mass is 10.1. The van der Waals surface area contributed by atoms with Crippen LogP contribution in [0.5, 0.6) is 0 Å². The van der Waals surface area contributed by atoms with E-state index in [0.717, 1.165) is 26.3 Å². The van der Waals surface area contributed by atoms with Gasteiger partial charge in [0.2, 0.25) is 0 Å². The van der Waals surface area contributed by atoms with E-state index < -0.39 is 0 Å². The standard InChI is InChI=1S/C14H30N2O/c1-5-7-13(12-15-14(2,3)4)16-8-6-10-17-11-9-16/h13,15H,5-12H2,1-4H3. The van der Waals surface area contributed by atoms with E-state index in [0.29, 0.717) is 6.04 Å². The van der Waals surface area contributed by atoms with E-state index >= 15 is 0 Å². The predicted molar refractivity (Wildman–Crippen MR) is 73.5 cm³/mol. The summed E-state index contributed by atoms with van der Waals surface area (Å²) in [5.41, 5.74) is 0.217. The quantitative estimate of drug-likeness (QED) is 0.800. The van der Waals surface area contributed by atoms with E-state index in [4.69, 9.17) is 4.74 Å². The Balaban J connectivity index is 2.44. The lowest BCUT2D eigenvalue weighted by molar-refractivity contribution is 0.127. The van der Waals surface area contributed by atoms with Gasteiger partial charge in [0.25, 0.3) is 0 Å². The fourth-order valence-electron chi connectivity index (χ4n) is 2.30. The molecule has 1 aliphatic rings. The average molecular weight is 242 g/mol. The Morgan fingerprint density at radius 1 is 1.24 bits per heavy atom. The number of ether oxygens (including phenoxy) is 1. The molecule has 1 heterocycles. The van der Waals surface area contributed by atoms with E-state index in [1.165, 1.54) is 25.8 Å². The van der Waals surface area contributed by atoms with Gasteiger partial charge in [0.1, 0.15) is 0 Å². The van der Waals surface area contributed by atoms with Gasteiger partial charge in [0.15, 0.2) is 0 Å². The monoisotopic (exact) mass is 242 g/mol. The molecular weight excluding hydrogens is 212 g/mol. The number of rotatable bonds is 5. The smallest absolute Gasteiger partial charge is 0.0593 e. The van der Waals surface area contributed by atoms with Crippen molar-refractivity contribution in [1.82, 2.24) is 10.2 Å². The first-order chi connectivity index (χ1) is 8.03. The zero-order valence-electron chi connectivity index (χ0n) is 12.1. The summed E-state index contributed by atoms with van der Waals surface area (Å²) in [5.74, 6) is 0. The molecule has 0 aliphatic carbocycles.